The largest absolute Gasteiger partial charge is 0.469 e. The highest BCUT2D eigenvalue weighted by Gasteiger charge is 2.48. The molecule has 0 saturated heterocycles. The molecule has 0 N–H and O–H groups in total. The smallest absolute Gasteiger partial charge is 0.309 e. The fourth-order valence-electron chi connectivity index (χ4n) is 2.80. The highest BCUT2D eigenvalue weighted by Crippen LogP contribution is 2.45. The maximum Gasteiger partial charge on any atom is 0.309 e. The van der Waals surface area contributed by atoms with Crippen molar-refractivity contribution in [1.29, 1.82) is 0 Å². The molecule has 2 aliphatic carbocycles. The highest BCUT2D eigenvalue weighted by molar-refractivity contribution is 5.90. The second-order valence-electron chi connectivity index (χ2n) is 4.00. The van der Waals surface area contributed by atoms with Crippen LogP contribution in [-0.4, -0.2) is 18.9 Å². The van der Waals surface area contributed by atoms with Crippen LogP contribution in [0.2, 0.25) is 0 Å². The number of hydrogen-bond acceptors (Lipinski definition) is 3. The monoisotopic (exact) mass is 182 g/mol. The Hall–Kier alpha value is -0.860. The first-order chi connectivity index (χ1) is 6.24. The molecule has 0 radical (unpaired) electrons. The Balaban J connectivity index is 2.14. The summed E-state index contributed by atoms with van der Waals surface area (Å²) in [6.07, 6.45) is 3.52. The van der Waals surface area contributed by atoms with Gasteiger partial charge in [0.05, 0.1) is 13.0 Å². The van der Waals surface area contributed by atoms with Gasteiger partial charge in [0.25, 0.3) is 0 Å². The zero-order valence-electron chi connectivity index (χ0n) is 7.79. The maximum absolute atomic E-state index is 11.5. The molecule has 0 aromatic heterocycles. The lowest BCUT2D eigenvalue weighted by Gasteiger charge is -2.14. The third-order valence-corrected chi connectivity index (χ3v) is 3.42. The third kappa shape index (κ3) is 1.26. The van der Waals surface area contributed by atoms with Gasteiger partial charge in [-0.1, -0.05) is 6.42 Å². The molecule has 0 spiro atoms. The standard InChI is InChI=1S/C10H14O3/c1-13-10(12)8-5-9(11)7-4-2-3-6(7)8/h6-8H,2-5H2,1H3. The summed E-state index contributed by atoms with van der Waals surface area (Å²) < 4.78 is 4.70. The van der Waals surface area contributed by atoms with Crippen LogP contribution in [0.4, 0.5) is 0 Å². The predicted molar refractivity (Wildman–Crippen MR) is 46.0 cm³/mol. The quantitative estimate of drug-likeness (QED) is 0.571. The lowest BCUT2D eigenvalue weighted by atomic mass is 9.92. The minimum absolute atomic E-state index is 0.134. The van der Waals surface area contributed by atoms with Crippen LogP contribution in [0.15, 0.2) is 0 Å². The van der Waals surface area contributed by atoms with E-state index in [0.717, 1.165) is 19.3 Å². The summed E-state index contributed by atoms with van der Waals surface area (Å²) in [6.45, 7) is 0. The second kappa shape index (κ2) is 3.13. The van der Waals surface area contributed by atoms with E-state index < -0.39 is 0 Å². The van der Waals surface area contributed by atoms with Gasteiger partial charge in [-0.25, -0.2) is 0 Å². The highest BCUT2D eigenvalue weighted by atomic mass is 16.5. The van der Waals surface area contributed by atoms with Crippen LogP contribution in [-0.2, 0) is 14.3 Å². The second-order valence-corrected chi connectivity index (χ2v) is 4.00. The number of carbonyl (C=O) groups excluding carboxylic acids is 2. The fraction of sp³-hybridized carbons (Fsp3) is 0.800. The van der Waals surface area contributed by atoms with E-state index in [1.165, 1.54) is 7.11 Å². The Labute approximate surface area is 77.4 Å². The van der Waals surface area contributed by atoms with E-state index in [1.54, 1.807) is 0 Å². The number of esters is 1. The first-order valence-corrected chi connectivity index (χ1v) is 4.84. The summed E-state index contributed by atoms with van der Waals surface area (Å²) in [5.74, 6) is 0.412. The Morgan fingerprint density at radius 2 is 2.23 bits per heavy atom. The SMILES string of the molecule is COC(=O)C1CC(=O)C2CCCC21. The average Bonchev–Trinajstić information content (AvgIpc) is 2.68. The summed E-state index contributed by atoms with van der Waals surface area (Å²) >= 11 is 0. The van der Waals surface area contributed by atoms with E-state index in [-0.39, 0.29) is 23.6 Å². The Morgan fingerprint density at radius 1 is 1.46 bits per heavy atom. The number of rotatable bonds is 1. The zero-order chi connectivity index (χ0) is 9.42. The number of ether oxygens (including phenoxy) is 1. The first-order valence-electron chi connectivity index (χ1n) is 4.84. The van der Waals surface area contributed by atoms with Crippen LogP contribution in [0.25, 0.3) is 0 Å². The molecule has 0 aromatic rings. The number of fused-ring (bicyclic) bond motifs is 1. The topological polar surface area (TPSA) is 43.4 Å². The summed E-state index contributed by atoms with van der Waals surface area (Å²) in [6, 6.07) is 0. The first kappa shape index (κ1) is 8.73. The van der Waals surface area contributed by atoms with Gasteiger partial charge < -0.3 is 4.74 Å². The van der Waals surface area contributed by atoms with Crippen molar-refractivity contribution in [3.63, 3.8) is 0 Å². The molecule has 3 heteroatoms. The normalized spacial score (nSPS) is 37.6. The molecule has 0 amide bonds. The molecule has 13 heavy (non-hydrogen) atoms. The van der Waals surface area contributed by atoms with Crippen molar-refractivity contribution >= 4 is 11.8 Å². The Kier molecular flexibility index (Phi) is 2.10. The molecule has 2 aliphatic rings. The van der Waals surface area contributed by atoms with E-state index in [0.29, 0.717) is 12.3 Å². The number of hydrogen-bond donors (Lipinski definition) is 0. The van der Waals surface area contributed by atoms with Crippen LogP contribution in [0.5, 0.6) is 0 Å². The van der Waals surface area contributed by atoms with Crippen molar-refractivity contribution in [3.8, 4) is 0 Å². The van der Waals surface area contributed by atoms with Crippen LogP contribution >= 0.6 is 0 Å². The predicted octanol–water partition coefficient (Wildman–Crippen LogP) is 1.16. The summed E-state index contributed by atoms with van der Waals surface area (Å²) in [4.78, 5) is 22.8. The van der Waals surface area contributed by atoms with E-state index in [9.17, 15) is 9.59 Å². The van der Waals surface area contributed by atoms with Gasteiger partial charge >= 0.3 is 5.97 Å². The summed E-state index contributed by atoms with van der Waals surface area (Å²) in [7, 11) is 1.40. The number of carbonyl (C=O) groups is 2. The molecule has 2 rings (SSSR count). The summed E-state index contributed by atoms with van der Waals surface area (Å²) in [5.41, 5.74) is 0. The van der Waals surface area contributed by atoms with Gasteiger partial charge in [0.2, 0.25) is 0 Å². The van der Waals surface area contributed by atoms with Gasteiger partial charge in [-0.2, -0.15) is 0 Å². The zero-order valence-corrected chi connectivity index (χ0v) is 7.79. The molecule has 3 unspecified atom stereocenters. The minimum Gasteiger partial charge on any atom is -0.469 e. The lowest BCUT2D eigenvalue weighted by Crippen LogP contribution is -2.20. The Morgan fingerprint density at radius 3 is 2.92 bits per heavy atom. The van der Waals surface area contributed by atoms with Crippen molar-refractivity contribution in [2.24, 2.45) is 17.8 Å². The molecule has 3 nitrogen and oxygen atoms in total. The molecule has 0 bridgehead atoms. The van der Waals surface area contributed by atoms with E-state index >= 15 is 0 Å². The molecule has 2 saturated carbocycles. The number of ketones is 1. The van der Waals surface area contributed by atoms with E-state index in [4.69, 9.17) is 4.74 Å². The van der Waals surface area contributed by atoms with Crippen LogP contribution in [0, 0.1) is 17.8 Å². The van der Waals surface area contributed by atoms with E-state index in [2.05, 4.69) is 0 Å². The molecule has 0 aliphatic heterocycles. The van der Waals surface area contributed by atoms with Gasteiger partial charge in [-0.15, -0.1) is 0 Å². The maximum atomic E-state index is 11.5. The molecule has 2 fully saturated rings. The van der Waals surface area contributed by atoms with Gasteiger partial charge in [0, 0.05) is 12.3 Å². The Bertz CT molecular complexity index is 247. The van der Waals surface area contributed by atoms with Crippen LogP contribution < -0.4 is 0 Å². The molecule has 0 aromatic carbocycles. The summed E-state index contributed by atoms with van der Waals surface area (Å²) in [5, 5.41) is 0. The van der Waals surface area contributed by atoms with Crippen LogP contribution in [0.1, 0.15) is 25.7 Å². The van der Waals surface area contributed by atoms with Gasteiger partial charge in [0.15, 0.2) is 0 Å². The molecular formula is C10H14O3. The number of Topliss-reactive ketones (excluding diaryl/α,β-unsaturated/α-hetero) is 1. The average molecular weight is 182 g/mol. The van der Waals surface area contributed by atoms with Crippen molar-refractivity contribution in [2.75, 3.05) is 7.11 Å². The minimum atomic E-state index is -0.192. The van der Waals surface area contributed by atoms with Crippen molar-refractivity contribution < 1.29 is 14.3 Å². The molecule has 72 valence electrons. The lowest BCUT2D eigenvalue weighted by molar-refractivity contribution is -0.147. The van der Waals surface area contributed by atoms with Gasteiger partial charge in [-0.05, 0) is 18.8 Å². The molecular weight excluding hydrogens is 168 g/mol. The fourth-order valence-corrected chi connectivity index (χ4v) is 2.80. The van der Waals surface area contributed by atoms with Crippen molar-refractivity contribution in [2.45, 2.75) is 25.7 Å². The third-order valence-electron chi connectivity index (χ3n) is 3.42. The van der Waals surface area contributed by atoms with Crippen molar-refractivity contribution in [3.05, 3.63) is 0 Å². The molecule has 0 heterocycles. The van der Waals surface area contributed by atoms with E-state index in [1.807, 2.05) is 0 Å². The van der Waals surface area contributed by atoms with Crippen LogP contribution in [0.3, 0.4) is 0 Å². The molecule has 3 atom stereocenters. The van der Waals surface area contributed by atoms with Crippen molar-refractivity contribution in [1.82, 2.24) is 0 Å². The van der Waals surface area contributed by atoms with Gasteiger partial charge in [0.1, 0.15) is 5.78 Å². The number of methoxy groups -OCH3 is 1. The van der Waals surface area contributed by atoms with Gasteiger partial charge in [-0.3, -0.25) is 9.59 Å².